The molecule has 2 aliphatic rings. The first kappa shape index (κ1) is 21.9. The van der Waals surface area contributed by atoms with E-state index in [0.717, 1.165) is 12.3 Å². The van der Waals surface area contributed by atoms with Crippen LogP contribution < -0.4 is 10.1 Å². The van der Waals surface area contributed by atoms with Crippen molar-refractivity contribution in [3.05, 3.63) is 53.7 Å². The molecule has 0 radical (unpaired) electrons. The Balaban J connectivity index is 1.58. The maximum absolute atomic E-state index is 14.9. The van der Waals surface area contributed by atoms with E-state index < -0.39 is 24.0 Å². The number of aromatic nitrogens is 2. The van der Waals surface area contributed by atoms with E-state index in [1.165, 1.54) is 18.2 Å². The number of hydrogen-bond acceptors (Lipinski definition) is 5. The number of halogens is 5. The molecule has 1 N–H and O–H groups in total. The zero-order valence-electron chi connectivity index (χ0n) is 17.6. The predicted octanol–water partition coefficient (Wildman–Crippen LogP) is 4.43. The molecule has 0 spiro atoms. The van der Waals surface area contributed by atoms with Crippen molar-refractivity contribution in [3.8, 4) is 5.75 Å². The molecule has 3 heterocycles. The average Bonchev–Trinajstić information content (AvgIpc) is 3.21. The van der Waals surface area contributed by atoms with Crippen LogP contribution in [-0.4, -0.2) is 53.1 Å². The molecule has 6 nitrogen and oxygen atoms in total. The van der Waals surface area contributed by atoms with E-state index in [1.807, 2.05) is 6.92 Å². The first-order valence-corrected chi connectivity index (χ1v) is 10.5. The Labute approximate surface area is 185 Å². The topological polar surface area (TPSA) is 51.5 Å². The molecule has 3 unspecified atom stereocenters. The minimum absolute atomic E-state index is 0.000779. The molecular weight excluding hydrogens is 447 g/mol. The summed E-state index contributed by atoms with van der Waals surface area (Å²) in [7, 11) is 0. The van der Waals surface area contributed by atoms with Crippen molar-refractivity contribution < 1.29 is 31.4 Å². The maximum Gasteiger partial charge on any atom is 0.504 e. The number of nitrogens with one attached hydrogen (secondary N) is 1. The third-order valence-electron chi connectivity index (χ3n) is 6.04. The summed E-state index contributed by atoms with van der Waals surface area (Å²) in [5, 5.41) is 6.65. The lowest BCUT2D eigenvalue weighted by molar-refractivity contribution is -0.211. The van der Waals surface area contributed by atoms with Gasteiger partial charge in [0.05, 0.1) is 36.0 Å². The standard InChI is InChI=1S/C22H21F5N4O2/c1-12-9-30(6-7-32-12)18-11-33-19-8-13(23)2-3-14(19)21(18)28-20-15-10-31(22(25,26)27)29-17(15)5-4-16(20)24/h2-5,8,10,12,18,21,28H,6-7,9,11H2,1H3. The molecule has 3 aromatic rings. The van der Waals surface area contributed by atoms with Crippen molar-refractivity contribution in [1.29, 1.82) is 0 Å². The van der Waals surface area contributed by atoms with E-state index in [4.69, 9.17) is 9.47 Å². The number of fused-ring (bicyclic) bond motifs is 2. The van der Waals surface area contributed by atoms with E-state index >= 15 is 0 Å². The molecule has 1 saturated heterocycles. The van der Waals surface area contributed by atoms with Gasteiger partial charge in [-0.05, 0) is 25.1 Å². The molecule has 3 atom stereocenters. The molecule has 0 aliphatic carbocycles. The van der Waals surface area contributed by atoms with Gasteiger partial charge in [0.1, 0.15) is 24.0 Å². The Morgan fingerprint density at radius 3 is 2.73 bits per heavy atom. The predicted molar refractivity (Wildman–Crippen MR) is 110 cm³/mol. The average molecular weight is 468 g/mol. The van der Waals surface area contributed by atoms with Crippen molar-refractivity contribution >= 4 is 16.6 Å². The first-order valence-electron chi connectivity index (χ1n) is 10.5. The third kappa shape index (κ3) is 4.10. The molecule has 2 aromatic carbocycles. The van der Waals surface area contributed by atoms with Crippen molar-refractivity contribution in [2.45, 2.75) is 31.4 Å². The summed E-state index contributed by atoms with van der Waals surface area (Å²) in [4.78, 5) is 2.13. The van der Waals surface area contributed by atoms with Crippen LogP contribution in [0.25, 0.3) is 10.9 Å². The summed E-state index contributed by atoms with van der Waals surface area (Å²) in [5.74, 6) is -0.886. The van der Waals surface area contributed by atoms with Crippen molar-refractivity contribution in [2.24, 2.45) is 0 Å². The van der Waals surface area contributed by atoms with Gasteiger partial charge in [-0.3, -0.25) is 4.90 Å². The number of morpholine rings is 1. The van der Waals surface area contributed by atoms with Crippen molar-refractivity contribution in [1.82, 2.24) is 14.7 Å². The molecule has 176 valence electrons. The largest absolute Gasteiger partial charge is 0.504 e. The number of anilines is 1. The van der Waals surface area contributed by atoms with E-state index in [9.17, 15) is 22.0 Å². The number of alkyl halides is 3. The van der Waals surface area contributed by atoms with Gasteiger partial charge in [-0.2, -0.15) is 9.78 Å². The number of hydrogen-bond donors (Lipinski definition) is 1. The van der Waals surface area contributed by atoms with E-state index in [-0.39, 0.29) is 40.0 Å². The van der Waals surface area contributed by atoms with Crippen LogP contribution in [-0.2, 0) is 11.0 Å². The monoisotopic (exact) mass is 468 g/mol. The zero-order chi connectivity index (χ0) is 23.3. The lowest BCUT2D eigenvalue weighted by atomic mass is 9.93. The quantitative estimate of drug-likeness (QED) is 0.577. The number of rotatable bonds is 3. The fourth-order valence-electron chi connectivity index (χ4n) is 4.50. The lowest BCUT2D eigenvalue weighted by Gasteiger charge is -2.44. The Morgan fingerprint density at radius 2 is 1.97 bits per heavy atom. The molecule has 1 aromatic heterocycles. The van der Waals surface area contributed by atoms with Crippen LogP contribution in [0.4, 0.5) is 27.6 Å². The van der Waals surface area contributed by atoms with Gasteiger partial charge in [-0.25, -0.2) is 8.78 Å². The molecular formula is C22H21F5N4O2. The highest BCUT2D eigenvalue weighted by Gasteiger charge is 2.38. The van der Waals surface area contributed by atoms with Gasteiger partial charge in [-0.1, -0.05) is 6.07 Å². The second-order valence-electron chi connectivity index (χ2n) is 8.26. The summed E-state index contributed by atoms with van der Waals surface area (Å²) in [6.07, 6.45) is -4.00. The van der Waals surface area contributed by atoms with Crippen LogP contribution in [0.1, 0.15) is 18.5 Å². The Bertz CT molecular complexity index is 1180. The maximum atomic E-state index is 14.9. The summed E-state index contributed by atoms with van der Waals surface area (Å²) in [6.45, 7) is 3.84. The second-order valence-corrected chi connectivity index (χ2v) is 8.26. The van der Waals surface area contributed by atoms with Gasteiger partial charge in [0, 0.05) is 36.3 Å². The van der Waals surface area contributed by atoms with Gasteiger partial charge in [0.2, 0.25) is 0 Å². The minimum Gasteiger partial charge on any atom is -0.491 e. The molecule has 2 aliphatic heterocycles. The molecule has 0 bridgehead atoms. The van der Waals surface area contributed by atoms with E-state index in [0.29, 0.717) is 31.0 Å². The summed E-state index contributed by atoms with van der Waals surface area (Å²) in [5.41, 5.74) is 0.488. The van der Waals surface area contributed by atoms with Gasteiger partial charge >= 0.3 is 6.30 Å². The van der Waals surface area contributed by atoms with Gasteiger partial charge in [0.25, 0.3) is 0 Å². The number of benzene rings is 2. The Hall–Kier alpha value is -2.92. The van der Waals surface area contributed by atoms with Crippen LogP contribution in [0.3, 0.4) is 0 Å². The third-order valence-corrected chi connectivity index (χ3v) is 6.04. The smallest absolute Gasteiger partial charge is 0.491 e. The van der Waals surface area contributed by atoms with Crippen LogP contribution in [0, 0.1) is 11.6 Å². The summed E-state index contributed by atoms with van der Waals surface area (Å²) < 4.78 is 79.7. The van der Waals surface area contributed by atoms with E-state index in [2.05, 4.69) is 15.3 Å². The fraction of sp³-hybridized carbons (Fsp3) is 0.409. The van der Waals surface area contributed by atoms with Crippen LogP contribution >= 0.6 is 0 Å². The lowest BCUT2D eigenvalue weighted by Crippen LogP contribution is -2.54. The minimum atomic E-state index is -4.73. The second kappa shape index (κ2) is 8.14. The van der Waals surface area contributed by atoms with Crippen LogP contribution in [0.5, 0.6) is 5.75 Å². The molecule has 0 amide bonds. The Morgan fingerprint density at radius 1 is 1.15 bits per heavy atom. The highest BCUT2D eigenvalue weighted by atomic mass is 19.4. The number of nitrogens with zero attached hydrogens (tertiary/aromatic N) is 3. The summed E-state index contributed by atoms with van der Waals surface area (Å²) >= 11 is 0. The van der Waals surface area contributed by atoms with Gasteiger partial charge in [0.15, 0.2) is 0 Å². The zero-order valence-corrected chi connectivity index (χ0v) is 17.6. The molecule has 11 heteroatoms. The van der Waals surface area contributed by atoms with Crippen molar-refractivity contribution in [2.75, 3.05) is 31.6 Å². The SMILES string of the molecule is CC1CN(C2COc3cc(F)ccc3C2Nc2c(F)ccc3nn(C(F)(F)F)cc23)CCO1. The molecule has 33 heavy (non-hydrogen) atoms. The molecule has 1 fully saturated rings. The number of ether oxygens (including phenoxy) is 2. The summed E-state index contributed by atoms with van der Waals surface area (Å²) in [6, 6.07) is 5.49. The van der Waals surface area contributed by atoms with Crippen LogP contribution in [0.15, 0.2) is 36.5 Å². The fourth-order valence-corrected chi connectivity index (χ4v) is 4.50. The highest BCUT2D eigenvalue weighted by molar-refractivity contribution is 5.91. The normalized spacial score (nSPS) is 23.9. The van der Waals surface area contributed by atoms with Crippen LogP contribution in [0.2, 0.25) is 0 Å². The first-order chi connectivity index (χ1) is 15.7. The van der Waals surface area contributed by atoms with Gasteiger partial charge in [-0.15, -0.1) is 13.2 Å². The molecule has 0 saturated carbocycles. The Kier molecular flexibility index (Phi) is 5.40. The van der Waals surface area contributed by atoms with Crippen molar-refractivity contribution in [3.63, 3.8) is 0 Å². The van der Waals surface area contributed by atoms with E-state index in [1.54, 1.807) is 6.07 Å². The highest BCUT2D eigenvalue weighted by Crippen LogP contribution is 2.40. The molecule has 5 rings (SSSR count). The van der Waals surface area contributed by atoms with Gasteiger partial charge < -0.3 is 14.8 Å².